The van der Waals surface area contributed by atoms with E-state index in [9.17, 15) is 28.8 Å². The van der Waals surface area contributed by atoms with Crippen molar-refractivity contribution < 1.29 is 33.9 Å². The van der Waals surface area contributed by atoms with Crippen LogP contribution in [0.4, 0.5) is 0 Å². The van der Waals surface area contributed by atoms with E-state index in [2.05, 4.69) is 36.6 Å². The van der Waals surface area contributed by atoms with Gasteiger partial charge in [-0.3, -0.25) is 28.8 Å². The summed E-state index contributed by atoms with van der Waals surface area (Å²) in [5.41, 5.74) is 9.48. The summed E-state index contributed by atoms with van der Waals surface area (Å²) in [6.07, 6.45) is 4.28. The van der Waals surface area contributed by atoms with Gasteiger partial charge in [0.1, 0.15) is 30.7 Å². The van der Waals surface area contributed by atoms with Crippen molar-refractivity contribution in [2.24, 2.45) is 11.7 Å². The number of carbonyl (C=O) groups is 6. The van der Waals surface area contributed by atoms with Crippen molar-refractivity contribution in [3.63, 3.8) is 0 Å². The summed E-state index contributed by atoms with van der Waals surface area (Å²) >= 11 is 0. The van der Waals surface area contributed by atoms with Crippen LogP contribution in [0.25, 0.3) is 21.8 Å². The van der Waals surface area contributed by atoms with Gasteiger partial charge in [0.25, 0.3) is 0 Å². The molecule has 0 unspecified atom stereocenters. The van der Waals surface area contributed by atoms with Crippen LogP contribution in [-0.4, -0.2) is 87.3 Å². The van der Waals surface area contributed by atoms with Crippen LogP contribution < -0.4 is 32.3 Å². The van der Waals surface area contributed by atoms with E-state index in [1.807, 2.05) is 55.5 Å². The number of carboxylic acids is 1. The molecule has 2 heterocycles. The van der Waals surface area contributed by atoms with Crippen LogP contribution >= 0.6 is 0 Å². The SMILES string of the molecule is CC[C@H](C)[C@H](NC(=O)[C@H](Cc1c[nH]c2ccccc12)NC(=O)[C@H](C)NC(=O)[C@H](C)NC(=O)[C@@H](N)Cc1c[nH]c2ccccc12)C(=O)NCC(=O)O. The Morgan fingerprint density at radius 2 is 1.20 bits per heavy atom. The molecule has 272 valence electrons. The summed E-state index contributed by atoms with van der Waals surface area (Å²) in [5.74, 6) is -4.82. The second-order valence-electron chi connectivity index (χ2n) is 12.7. The number of amides is 5. The molecule has 0 fully saturated rings. The van der Waals surface area contributed by atoms with Crippen LogP contribution in [-0.2, 0) is 41.6 Å². The quantitative estimate of drug-likeness (QED) is 0.0767. The number of aromatic nitrogens is 2. The van der Waals surface area contributed by atoms with Crippen molar-refractivity contribution >= 4 is 57.3 Å². The first-order valence-corrected chi connectivity index (χ1v) is 16.9. The van der Waals surface area contributed by atoms with Crippen LogP contribution in [0.15, 0.2) is 60.9 Å². The van der Waals surface area contributed by atoms with Gasteiger partial charge in [-0.15, -0.1) is 0 Å². The maximum Gasteiger partial charge on any atom is 0.322 e. The molecule has 10 N–H and O–H groups in total. The topological polar surface area (TPSA) is 240 Å². The van der Waals surface area contributed by atoms with Gasteiger partial charge in [0.05, 0.1) is 6.04 Å². The molecule has 5 amide bonds. The number of aliphatic carboxylic acids is 1. The fourth-order valence-corrected chi connectivity index (χ4v) is 5.67. The number of carboxylic acid groups (broad SMARTS) is 1. The molecule has 6 atom stereocenters. The standard InChI is InChI=1S/C36H46N8O7/c1-5-19(2)31(36(51)40-18-30(45)46)44-35(50)29(15-23-17-39-28-13-9-7-11-25(23)28)43-33(48)21(4)41-32(47)20(3)42-34(49)26(37)14-22-16-38-27-12-8-6-10-24(22)27/h6-13,16-17,19-21,26,29,31,38-39H,5,14-15,18,37H2,1-4H3,(H,40,51)(H,41,47)(H,42,49)(H,43,48)(H,44,50)(H,45,46)/t19-,20-,21-,26-,29-,31-/m0/s1. The van der Waals surface area contributed by atoms with E-state index in [4.69, 9.17) is 10.8 Å². The van der Waals surface area contributed by atoms with Gasteiger partial charge in [0.2, 0.25) is 29.5 Å². The summed E-state index contributed by atoms with van der Waals surface area (Å²) in [4.78, 5) is 83.3. The van der Waals surface area contributed by atoms with Crippen LogP contribution in [0, 0.1) is 5.92 Å². The number of nitrogens with two attached hydrogens (primary N) is 1. The highest BCUT2D eigenvalue weighted by atomic mass is 16.4. The molecule has 0 aliphatic heterocycles. The van der Waals surface area contributed by atoms with Gasteiger partial charge in [-0.1, -0.05) is 56.7 Å². The monoisotopic (exact) mass is 702 g/mol. The fourth-order valence-electron chi connectivity index (χ4n) is 5.67. The van der Waals surface area contributed by atoms with Crippen LogP contribution in [0.3, 0.4) is 0 Å². The first kappa shape index (κ1) is 38.1. The molecule has 0 aliphatic carbocycles. The summed E-state index contributed by atoms with van der Waals surface area (Å²) < 4.78 is 0. The van der Waals surface area contributed by atoms with E-state index in [-0.39, 0.29) is 18.8 Å². The lowest BCUT2D eigenvalue weighted by Crippen LogP contribution is -2.59. The molecule has 0 saturated heterocycles. The van der Waals surface area contributed by atoms with Crippen molar-refractivity contribution in [2.75, 3.05) is 6.54 Å². The lowest BCUT2D eigenvalue weighted by Gasteiger charge is -2.27. The predicted octanol–water partition coefficient (Wildman–Crippen LogP) is 0.988. The van der Waals surface area contributed by atoms with E-state index >= 15 is 0 Å². The maximum absolute atomic E-state index is 13.8. The maximum atomic E-state index is 13.8. The molecule has 4 rings (SSSR count). The Balaban J connectivity index is 1.41. The molecule has 0 spiro atoms. The van der Waals surface area contributed by atoms with E-state index in [0.717, 1.165) is 32.9 Å². The van der Waals surface area contributed by atoms with E-state index in [1.54, 1.807) is 19.3 Å². The Kier molecular flexibility index (Phi) is 12.9. The Bertz CT molecular complexity index is 1880. The molecule has 4 aromatic rings. The first-order valence-electron chi connectivity index (χ1n) is 16.9. The lowest BCUT2D eigenvalue weighted by atomic mass is 9.97. The molecule has 2 aromatic carbocycles. The van der Waals surface area contributed by atoms with Gasteiger partial charge >= 0.3 is 5.97 Å². The third-order valence-corrected chi connectivity index (χ3v) is 8.89. The number of H-pyrrole nitrogens is 2. The summed E-state index contributed by atoms with van der Waals surface area (Å²) in [6, 6.07) is 9.69. The number of rotatable bonds is 17. The van der Waals surface area contributed by atoms with Crippen LogP contribution in [0.1, 0.15) is 45.2 Å². The number of hydrogen-bond donors (Lipinski definition) is 9. The zero-order chi connectivity index (χ0) is 37.2. The Labute approximate surface area is 294 Å². The van der Waals surface area contributed by atoms with Crippen molar-refractivity contribution in [3.8, 4) is 0 Å². The molecule has 0 radical (unpaired) electrons. The number of fused-ring (bicyclic) bond motifs is 2. The predicted molar refractivity (Wildman–Crippen MR) is 191 cm³/mol. The molecular formula is C36H46N8O7. The second-order valence-corrected chi connectivity index (χ2v) is 12.7. The minimum atomic E-state index is -1.24. The normalized spacial score (nSPS) is 14.8. The van der Waals surface area contributed by atoms with E-state index < -0.39 is 72.3 Å². The highest BCUT2D eigenvalue weighted by molar-refractivity contribution is 5.96. The Hall–Kier alpha value is -5.70. The average molecular weight is 703 g/mol. The second kappa shape index (κ2) is 17.3. The van der Waals surface area contributed by atoms with Gasteiger partial charge in [0.15, 0.2) is 0 Å². The number of carbonyl (C=O) groups excluding carboxylic acids is 5. The van der Waals surface area contributed by atoms with Gasteiger partial charge in [-0.05, 0) is 49.4 Å². The largest absolute Gasteiger partial charge is 0.480 e. The number of benzene rings is 2. The number of aromatic amines is 2. The molecule has 0 aliphatic rings. The minimum absolute atomic E-state index is 0.0347. The number of hydrogen-bond acceptors (Lipinski definition) is 7. The molecular weight excluding hydrogens is 656 g/mol. The lowest BCUT2D eigenvalue weighted by molar-refractivity contribution is -0.139. The fraction of sp³-hybridized carbons (Fsp3) is 0.389. The molecule has 15 nitrogen and oxygen atoms in total. The highest BCUT2D eigenvalue weighted by Gasteiger charge is 2.32. The minimum Gasteiger partial charge on any atom is -0.480 e. The average Bonchev–Trinajstić information content (AvgIpc) is 3.72. The molecule has 0 saturated carbocycles. The Morgan fingerprint density at radius 3 is 1.75 bits per heavy atom. The van der Waals surface area contributed by atoms with Crippen molar-refractivity contribution in [2.45, 2.75) is 77.2 Å². The first-order chi connectivity index (χ1) is 24.3. The number of nitrogens with one attached hydrogen (secondary N) is 7. The van der Waals surface area contributed by atoms with Gasteiger partial charge in [-0.2, -0.15) is 0 Å². The molecule has 15 heteroatoms. The van der Waals surface area contributed by atoms with E-state index in [1.165, 1.54) is 13.8 Å². The third kappa shape index (κ3) is 9.94. The van der Waals surface area contributed by atoms with Crippen molar-refractivity contribution in [1.82, 2.24) is 36.6 Å². The summed E-state index contributed by atoms with van der Waals surface area (Å²) in [7, 11) is 0. The number of para-hydroxylation sites is 2. The third-order valence-electron chi connectivity index (χ3n) is 8.89. The van der Waals surface area contributed by atoms with Gasteiger partial charge in [-0.25, -0.2) is 0 Å². The molecule has 51 heavy (non-hydrogen) atoms. The van der Waals surface area contributed by atoms with Crippen LogP contribution in [0.5, 0.6) is 0 Å². The Morgan fingerprint density at radius 1 is 0.686 bits per heavy atom. The van der Waals surface area contributed by atoms with Gasteiger partial charge < -0.3 is 47.4 Å². The zero-order valence-corrected chi connectivity index (χ0v) is 29.0. The summed E-state index contributed by atoms with van der Waals surface area (Å²) in [5, 5.41) is 23.7. The summed E-state index contributed by atoms with van der Waals surface area (Å²) in [6.45, 7) is 5.85. The van der Waals surface area contributed by atoms with Gasteiger partial charge in [0, 0.05) is 40.6 Å². The smallest absolute Gasteiger partial charge is 0.322 e. The zero-order valence-electron chi connectivity index (χ0n) is 29.0. The highest BCUT2D eigenvalue weighted by Crippen LogP contribution is 2.20. The van der Waals surface area contributed by atoms with Crippen molar-refractivity contribution in [1.29, 1.82) is 0 Å². The van der Waals surface area contributed by atoms with Crippen LogP contribution in [0.2, 0.25) is 0 Å². The van der Waals surface area contributed by atoms with E-state index in [0.29, 0.717) is 6.42 Å². The molecule has 2 aromatic heterocycles. The molecule has 0 bridgehead atoms. The van der Waals surface area contributed by atoms with Crippen molar-refractivity contribution in [3.05, 3.63) is 72.1 Å².